The maximum Gasteiger partial charge on any atom is 0.223 e. The first-order chi connectivity index (χ1) is 5.93. The van der Waals surface area contributed by atoms with Crippen LogP contribution in [0.15, 0.2) is 0 Å². The van der Waals surface area contributed by atoms with E-state index in [2.05, 4.69) is 0 Å². The highest BCUT2D eigenvalue weighted by Gasteiger charge is 2.06. The highest BCUT2D eigenvalue weighted by atomic mass is 32.1. The number of likely N-dealkylation sites (N-methyl/N-ethyl adjacent to an activating group) is 1. The van der Waals surface area contributed by atoms with Gasteiger partial charge in [0.25, 0.3) is 0 Å². The summed E-state index contributed by atoms with van der Waals surface area (Å²) in [4.78, 5) is 15.1. The number of carbonyl (C=O) groups excluding carboxylic acids is 1. The van der Waals surface area contributed by atoms with Crippen LogP contribution in [0.1, 0.15) is 6.42 Å². The van der Waals surface area contributed by atoms with Crippen LogP contribution in [0.4, 0.5) is 0 Å². The molecular weight excluding hydrogens is 186 g/mol. The van der Waals surface area contributed by atoms with Crippen LogP contribution in [0.3, 0.4) is 0 Å². The first-order valence-corrected chi connectivity index (χ1v) is 4.51. The van der Waals surface area contributed by atoms with Crippen molar-refractivity contribution in [1.29, 1.82) is 0 Å². The van der Waals surface area contributed by atoms with Crippen LogP contribution in [0, 0.1) is 0 Å². The van der Waals surface area contributed by atoms with Gasteiger partial charge >= 0.3 is 0 Å². The van der Waals surface area contributed by atoms with E-state index < -0.39 is 0 Å². The third-order valence-electron chi connectivity index (χ3n) is 1.63. The summed E-state index contributed by atoms with van der Waals surface area (Å²) in [6, 6.07) is 0. The lowest BCUT2D eigenvalue weighted by Crippen LogP contribution is -2.33. The van der Waals surface area contributed by atoms with Gasteiger partial charge in [-0.05, 0) is 7.05 Å². The van der Waals surface area contributed by atoms with E-state index in [1.54, 1.807) is 19.0 Å². The largest absolute Gasteiger partial charge is 0.392 e. The Morgan fingerprint density at radius 3 is 2.31 bits per heavy atom. The van der Waals surface area contributed by atoms with E-state index in [0.29, 0.717) is 24.5 Å². The summed E-state index contributed by atoms with van der Waals surface area (Å²) < 4.78 is 0. The van der Waals surface area contributed by atoms with Crippen molar-refractivity contribution in [3.63, 3.8) is 0 Å². The van der Waals surface area contributed by atoms with Gasteiger partial charge in [0.1, 0.15) is 0 Å². The molecule has 2 N–H and O–H groups in total. The summed E-state index contributed by atoms with van der Waals surface area (Å²) in [6.07, 6.45) is 0.506. The standard InChI is InChI=1S/C8H17N3OS/c1-10(2)8(12)4-5-11(3)6-7(9)13/h4-6H2,1-3H3,(H2,9,13). The molecule has 0 unspecified atom stereocenters. The second-order valence-electron chi connectivity index (χ2n) is 3.24. The average molecular weight is 203 g/mol. The molecule has 0 rings (SSSR count). The van der Waals surface area contributed by atoms with Crippen LogP contribution in [0.2, 0.25) is 0 Å². The number of thiocarbonyl (C=S) groups is 1. The minimum Gasteiger partial charge on any atom is -0.392 e. The fourth-order valence-corrected chi connectivity index (χ4v) is 1.08. The molecule has 0 fully saturated rings. The maximum absolute atomic E-state index is 11.2. The van der Waals surface area contributed by atoms with E-state index in [9.17, 15) is 4.79 Å². The summed E-state index contributed by atoms with van der Waals surface area (Å²) in [5, 5.41) is 0. The molecule has 0 heterocycles. The first kappa shape index (κ1) is 12.3. The summed E-state index contributed by atoms with van der Waals surface area (Å²) in [7, 11) is 5.38. The second kappa shape index (κ2) is 5.88. The molecule has 0 atom stereocenters. The Bertz CT molecular complexity index is 194. The molecule has 0 radical (unpaired) electrons. The number of carbonyl (C=O) groups is 1. The minimum absolute atomic E-state index is 0.120. The summed E-state index contributed by atoms with van der Waals surface area (Å²) >= 11 is 4.74. The van der Waals surface area contributed by atoms with Crippen LogP contribution in [-0.2, 0) is 4.79 Å². The molecule has 76 valence electrons. The number of nitrogens with zero attached hydrogens (tertiary/aromatic N) is 2. The Morgan fingerprint density at radius 1 is 1.38 bits per heavy atom. The lowest BCUT2D eigenvalue weighted by atomic mass is 10.3. The van der Waals surface area contributed by atoms with E-state index in [1.165, 1.54) is 0 Å². The zero-order chi connectivity index (χ0) is 10.4. The zero-order valence-corrected chi connectivity index (χ0v) is 9.23. The normalized spacial score (nSPS) is 10.2. The quantitative estimate of drug-likeness (QED) is 0.622. The van der Waals surface area contributed by atoms with Crippen molar-refractivity contribution in [1.82, 2.24) is 9.80 Å². The molecule has 0 aromatic heterocycles. The third kappa shape index (κ3) is 6.48. The average Bonchev–Trinajstić information content (AvgIpc) is 1.98. The van der Waals surface area contributed by atoms with Gasteiger partial charge in [-0.25, -0.2) is 0 Å². The van der Waals surface area contributed by atoms with E-state index in [-0.39, 0.29) is 5.91 Å². The van der Waals surface area contributed by atoms with Crippen molar-refractivity contribution < 1.29 is 4.79 Å². The Kier molecular flexibility index (Phi) is 5.57. The summed E-state index contributed by atoms with van der Waals surface area (Å²) in [5.41, 5.74) is 5.35. The van der Waals surface area contributed by atoms with E-state index in [1.807, 2.05) is 11.9 Å². The zero-order valence-electron chi connectivity index (χ0n) is 8.41. The molecular formula is C8H17N3OS. The molecule has 0 bridgehead atoms. The molecule has 0 aliphatic heterocycles. The van der Waals surface area contributed by atoms with Gasteiger partial charge in [-0.15, -0.1) is 0 Å². The van der Waals surface area contributed by atoms with Crippen molar-refractivity contribution in [2.24, 2.45) is 5.73 Å². The molecule has 0 saturated carbocycles. The first-order valence-electron chi connectivity index (χ1n) is 4.10. The van der Waals surface area contributed by atoms with E-state index in [4.69, 9.17) is 18.0 Å². The van der Waals surface area contributed by atoms with Crippen LogP contribution in [-0.4, -0.2) is 54.9 Å². The van der Waals surface area contributed by atoms with E-state index >= 15 is 0 Å². The fourth-order valence-electron chi connectivity index (χ4n) is 0.855. The molecule has 4 nitrogen and oxygen atoms in total. The van der Waals surface area contributed by atoms with Crippen LogP contribution < -0.4 is 5.73 Å². The molecule has 1 amide bonds. The van der Waals surface area contributed by atoms with Crippen molar-refractivity contribution in [3.05, 3.63) is 0 Å². The van der Waals surface area contributed by atoms with E-state index in [0.717, 1.165) is 0 Å². The van der Waals surface area contributed by atoms with Gasteiger partial charge in [0.05, 0.1) is 4.99 Å². The third-order valence-corrected chi connectivity index (χ3v) is 1.76. The van der Waals surface area contributed by atoms with Gasteiger partial charge in [0.2, 0.25) is 5.91 Å². The molecule has 0 aliphatic carbocycles. The molecule has 5 heteroatoms. The highest BCUT2D eigenvalue weighted by molar-refractivity contribution is 7.80. The van der Waals surface area contributed by atoms with Gasteiger partial charge in [0.15, 0.2) is 0 Å². The van der Waals surface area contributed by atoms with Crippen molar-refractivity contribution in [2.75, 3.05) is 34.2 Å². The van der Waals surface area contributed by atoms with Gasteiger partial charge in [0, 0.05) is 33.6 Å². The lowest BCUT2D eigenvalue weighted by molar-refractivity contribution is -0.128. The SMILES string of the molecule is CN(CCC(=O)N(C)C)CC(N)=S. The molecule has 0 aromatic rings. The van der Waals surface area contributed by atoms with Crippen molar-refractivity contribution in [3.8, 4) is 0 Å². The van der Waals surface area contributed by atoms with Crippen LogP contribution >= 0.6 is 12.2 Å². The lowest BCUT2D eigenvalue weighted by Gasteiger charge is -2.16. The number of amides is 1. The topological polar surface area (TPSA) is 49.6 Å². The number of hydrogen-bond acceptors (Lipinski definition) is 3. The molecule has 0 saturated heterocycles. The predicted molar refractivity (Wildman–Crippen MR) is 57.6 cm³/mol. The van der Waals surface area contributed by atoms with Gasteiger partial charge in [-0.3, -0.25) is 9.69 Å². The van der Waals surface area contributed by atoms with Gasteiger partial charge < -0.3 is 10.6 Å². The Hall–Kier alpha value is -0.680. The number of nitrogens with two attached hydrogens (primary N) is 1. The maximum atomic E-state index is 11.2. The van der Waals surface area contributed by atoms with Crippen LogP contribution in [0.5, 0.6) is 0 Å². The van der Waals surface area contributed by atoms with Crippen LogP contribution in [0.25, 0.3) is 0 Å². The smallest absolute Gasteiger partial charge is 0.223 e. The Balaban J connectivity index is 3.63. The van der Waals surface area contributed by atoms with Crippen molar-refractivity contribution in [2.45, 2.75) is 6.42 Å². The Morgan fingerprint density at radius 2 is 1.92 bits per heavy atom. The van der Waals surface area contributed by atoms with Gasteiger partial charge in [-0.2, -0.15) is 0 Å². The summed E-state index contributed by atoms with van der Waals surface area (Å²) in [5.74, 6) is 0.120. The number of hydrogen-bond donors (Lipinski definition) is 1. The van der Waals surface area contributed by atoms with Gasteiger partial charge in [-0.1, -0.05) is 12.2 Å². The molecule has 0 aromatic carbocycles. The molecule has 0 aliphatic rings. The molecule has 13 heavy (non-hydrogen) atoms. The fraction of sp³-hybridized carbons (Fsp3) is 0.750. The predicted octanol–water partition coefficient (Wildman–Crippen LogP) is -0.317. The van der Waals surface area contributed by atoms with Crippen molar-refractivity contribution >= 4 is 23.1 Å². The monoisotopic (exact) mass is 203 g/mol. The minimum atomic E-state index is 0.120. The number of rotatable bonds is 5. The Labute approximate surface area is 84.7 Å². The highest BCUT2D eigenvalue weighted by Crippen LogP contribution is 1.91. The second-order valence-corrected chi connectivity index (χ2v) is 3.77. The molecule has 0 spiro atoms. The summed E-state index contributed by atoms with van der Waals surface area (Å²) in [6.45, 7) is 1.25.